The summed E-state index contributed by atoms with van der Waals surface area (Å²) in [5.74, 6) is -11.0. The van der Waals surface area contributed by atoms with E-state index in [1.165, 1.54) is 11.3 Å². The van der Waals surface area contributed by atoms with Crippen LogP contribution in [0.15, 0.2) is 30.3 Å². The summed E-state index contributed by atoms with van der Waals surface area (Å²) >= 11 is 1.42. The fourth-order valence-corrected chi connectivity index (χ4v) is 5.00. The number of carbonyl (C=O) groups is 4. The van der Waals surface area contributed by atoms with Crippen LogP contribution in [0.25, 0.3) is 10.2 Å². The lowest BCUT2D eigenvalue weighted by Crippen LogP contribution is -2.48. The van der Waals surface area contributed by atoms with Crippen LogP contribution in [0.1, 0.15) is 63.7 Å². The lowest BCUT2D eigenvalue weighted by Gasteiger charge is -2.29. The highest BCUT2D eigenvalue weighted by Crippen LogP contribution is 2.27. The number of esters is 1. The van der Waals surface area contributed by atoms with Gasteiger partial charge in [0, 0.05) is 12.0 Å². The van der Waals surface area contributed by atoms with Crippen molar-refractivity contribution >= 4 is 45.5 Å². The number of thiazole rings is 1. The molecule has 0 radical (unpaired) electrons. The quantitative estimate of drug-likeness (QED) is 0.130. The van der Waals surface area contributed by atoms with Gasteiger partial charge < -0.3 is 19.7 Å². The molecule has 0 bridgehead atoms. The minimum absolute atomic E-state index is 0.00643. The van der Waals surface area contributed by atoms with Crippen molar-refractivity contribution in [2.24, 2.45) is 5.92 Å². The average Bonchev–Trinajstić information content (AvgIpc) is 3.44. The normalized spacial score (nSPS) is 14.2. The van der Waals surface area contributed by atoms with E-state index in [4.69, 9.17) is 9.47 Å². The van der Waals surface area contributed by atoms with Crippen LogP contribution >= 0.6 is 11.3 Å². The lowest BCUT2D eigenvalue weighted by molar-refractivity contribution is -0.156. The van der Waals surface area contributed by atoms with Gasteiger partial charge >= 0.3 is 5.97 Å². The Labute approximate surface area is 269 Å². The van der Waals surface area contributed by atoms with Gasteiger partial charge in [-0.05, 0) is 65.9 Å². The summed E-state index contributed by atoms with van der Waals surface area (Å²) in [4.78, 5) is 54.1. The number of aldehydes is 1. The zero-order valence-corrected chi connectivity index (χ0v) is 27.4. The summed E-state index contributed by atoms with van der Waals surface area (Å²) in [6.07, 6.45) is 1.32. The number of fused-ring (bicyclic) bond motifs is 1. The third-order valence-electron chi connectivity index (χ3n) is 6.43. The van der Waals surface area contributed by atoms with E-state index in [0.29, 0.717) is 30.9 Å². The molecule has 1 fully saturated rings. The number of Topliss-reactive ketones (excluding diaryl/α,β-unsaturated/α-hetero) is 1. The number of likely N-dealkylation sites (tertiary alicyclic amines) is 1. The number of nitrogens with one attached hydrogen (secondary N) is 1. The van der Waals surface area contributed by atoms with E-state index in [2.05, 4.69) is 10.3 Å². The van der Waals surface area contributed by atoms with Gasteiger partial charge in [0.25, 0.3) is 0 Å². The summed E-state index contributed by atoms with van der Waals surface area (Å²) in [5, 5.41) is 3.03. The molecule has 252 valence electrons. The zero-order chi connectivity index (χ0) is 34.6. The molecule has 9 nitrogen and oxygen atoms in total. The third kappa shape index (κ3) is 11.5. The lowest BCUT2D eigenvalue weighted by atomic mass is 9.95. The second kappa shape index (κ2) is 17.7. The largest absolute Gasteiger partial charge is 0.479 e. The summed E-state index contributed by atoms with van der Waals surface area (Å²) in [6, 6.07) is 6.30. The number of rotatable bonds is 9. The topological polar surface area (TPSA) is 115 Å². The summed E-state index contributed by atoms with van der Waals surface area (Å²) in [6.45, 7) is 9.16. The minimum atomic E-state index is -1.80. The molecular weight excluding hydrogens is 630 g/mol. The molecule has 1 amide bonds. The van der Waals surface area contributed by atoms with Crippen LogP contribution < -0.4 is 10.1 Å². The van der Waals surface area contributed by atoms with Crippen LogP contribution in [0.2, 0.25) is 0 Å². The van der Waals surface area contributed by atoms with E-state index in [1.54, 1.807) is 20.8 Å². The van der Waals surface area contributed by atoms with E-state index >= 15 is 0 Å². The Hall–Kier alpha value is -3.91. The number of aromatic nitrogens is 1. The Balaban J connectivity index is 0.000000467. The average molecular weight is 670 g/mol. The Morgan fingerprint density at radius 1 is 1.07 bits per heavy atom. The number of para-hydroxylation sites is 1. The fourth-order valence-electron chi connectivity index (χ4n) is 4.22. The Morgan fingerprint density at radius 2 is 1.65 bits per heavy atom. The fraction of sp³-hybridized carbons (Fsp3) is 0.469. The van der Waals surface area contributed by atoms with Gasteiger partial charge in [0.2, 0.25) is 17.5 Å². The standard InChI is InChI=1S/C22H28F4N2O5.C8H5NOS.C2H6/c1-22(2,3)33-17(30)10-15(27-21(31)12-5-7-28(4)8-6-12)16(29)11-32-20-18(25)13(23)9-14(24)19(20)26;10-5-8-9-6-3-1-2-4-7(6)11-8;1-2/h9,12,15H,5-8,10-11H2,1-4H3,(H,27,31);1-5H;1-2H3. The molecule has 1 aliphatic heterocycles. The molecule has 3 aromatic rings. The van der Waals surface area contributed by atoms with Gasteiger partial charge in [-0.1, -0.05) is 26.0 Å². The van der Waals surface area contributed by atoms with Crippen molar-refractivity contribution < 1.29 is 46.2 Å². The van der Waals surface area contributed by atoms with Gasteiger partial charge in [-0.15, -0.1) is 11.3 Å². The van der Waals surface area contributed by atoms with Crippen LogP contribution in [0, 0.1) is 29.2 Å². The number of hydrogen-bond donors (Lipinski definition) is 1. The number of carbonyl (C=O) groups excluding carboxylic acids is 4. The van der Waals surface area contributed by atoms with Gasteiger partial charge in [-0.3, -0.25) is 19.2 Å². The molecule has 1 N–H and O–H groups in total. The molecule has 14 heteroatoms. The first kappa shape index (κ1) is 38.3. The highest BCUT2D eigenvalue weighted by atomic mass is 32.1. The highest BCUT2D eigenvalue weighted by molar-refractivity contribution is 7.20. The monoisotopic (exact) mass is 669 g/mol. The van der Waals surface area contributed by atoms with Crippen LogP contribution in [-0.4, -0.2) is 72.2 Å². The van der Waals surface area contributed by atoms with Crippen molar-refractivity contribution in [3.8, 4) is 5.75 Å². The van der Waals surface area contributed by atoms with Gasteiger partial charge in [-0.25, -0.2) is 13.8 Å². The van der Waals surface area contributed by atoms with Crippen molar-refractivity contribution in [2.45, 2.75) is 65.5 Å². The summed E-state index contributed by atoms with van der Waals surface area (Å²) in [7, 11) is 1.91. The SMILES string of the molecule is CC.CN1CCC(C(=O)NC(CC(=O)OC(C)(C)C)C(=O)COc2c(F)c(F)cc(F)c2F)CC1.O=Cc1nc2ccccc2s1. The van der Waals surface area contributed by atoms with Gasteiger partial charge in [0.05, 0.1) is 16.6 Å². The van der Waals surface area contributed by atoms with E-state index in [9.17, 15) is 36.7 Å². The first-order chi connectivity index (χ1) is 21.7. The van der Waals surface area contributed by atoms with Gasteiger partial charge in [0.15, 0.2) is 34.5 Å². The molecule has 1 aliphatic rings. The maximum absolute atomic E-state index is 13.8. The number of amides is 1. The number of ketones is 1. The first-order valence-corrected chi connectivity index (χ1v) is 15.5. The molecule has 2 aromatic carbocycles. The minimum Gasteiger partial charge on any atom is -0.479 e. The summed E-state index contributed by atoms with van der Waals surface area (Å²) in [5.41, 5.74) is 0.0458. The maximum atomic E-state index is 13.8. The smallest absolute Gasteiger partial charge is 0.308 e. The van der Waals surface area contributed by atoms with Crippen molar-refractivity contribution in [3.63, 3.8) is 0 Å². The van der Waals surface area contributed by atoms with Gasteiger partial charge in [-0.2, -0.15) is 8.78 Å². The molecular formula is C32H39F4N3O6S. The molecule has 1 unspecified atom stereocenters. The Morgan fingerprint density at radius 3 is 2.20 bits per heavy atom. The first-order valence-electron chi connectivity index (χ1n) is 14.7. The number of ether oxygens (including phenoxy) is 2. The molecule has 0 spiro atoms. The molecule has 46 heavy (non-hydrogen) atoms. The summed E-state index contributed by atoms with van der Waals surface area (Å²) < 4.78 is 65.3. The second-order valence-corrected chi connectivity index (χ2v) is 12.2. The molecule has 1 aromatic heterocycles. The highest BCUT2D eigenvalue weighted by Gasteiger charge is 2.31. The predicted molar refractivity (Wildman–Crippen MR) is 166 cm³/mol. The van der Waals surface area contributed by atoms with Crippen LogP contribution in [0.3, 0.4) is 0 Å². The van der Waals surface area contributed by atoms with Crippen molar-refractivity contribution in [1.82, 2.24) is 15.2 Å². The van der Waals surface area contributed by atoms with Crippen molar-refractivity contribution in [3.05, 3.63) is 58.6 Å². The number of nitrogens with zero attached hydrogens (tertiary/aromatic N) is 2. The van der Waals surface area contributed by atoms with E-state index in [-0.39, 0.29) is 12.0 Å². The van der Waals surface area contributed by atoms with Gasteiger partial charge in [0.1, 0.15) is 18.2 Å². The van der Waals surface area contributed by atoms with Crippen molar-refractivity contribution in [2.75, 3.05) is 26.7 Å². The molecule has 1 saturated heterocycles. The molecule has 1 atom stereocenters. The molecule has 0 saturated carbocycles. The van der Waals surface area contributed by atoms with Crippen LogP contribution in [0.4, 0.5) is 17.6 Å². The third-order valence-corrected chi connectivity index (χ3v) is 7.39. The van der Waals surface area contributed by atoms with Crippen LogP contribution in [0.5, 0.6) is 5.75 Å². The van der Waals surface area contributed by atoms with E-state index < -0.39 is 71.3 Å². The second-order valence-electron chi connectivity index (χ2n) is 11.1. The number of benzene rings is 2. The van der Waals surface area contributed by atoms with E-state index in [0.717, 1.165) is 16.5 Å². The van der Waals surface area contributed by atoms with E-state index in [1.807, 2.05) is 50.1 Å². The number of halogens is 4. The molecule has 4 rings (SSSR count). The molecule has 0 aliphatic carbocycles. The number of hydrogen-bond acceptors (Lipinski definition) is 9. The maximum Gasteiger partial charge on any atom is 0.308 e. The predicted octanol–water partition coefficient (Wildman–Crippen LogP) is 5.88. The Bertz CT molecular complexity index is 1440. The van der Waals surface area contributed by atoms with Crippen molar-refractivity contribution in [1.29, 1.82) is 0 Å². The number of piperidine rings is 1. The Kier molecular flexibility index (Phi) is 14.7. The zero-order valence-electron chi connectivity index (χ0n) is 26.6. The van der Waals surface area contributed by atoms with Crippen LogP contribution in [-0.2, 0) is 19.1 Å². The molecule has 2 heterocycles.